The van der Waals surface area contributed by atoms with Gasteiger partial charge < -0.3 is 10.5 Å². The van der Waals surface area contributed by atoms with Crippen molar-refractivity contribution in [3.8, 4) is 0 Å². The molecule has 0 aliphatic rings. The minimum atomic E-state index is -0.422. The lowest BCUT2D eigenvalue weighted by atomic mass is 10.3. The molecule has 1 heterocycles. The number of hydrogen-bond donors (Lipinski definition) is 1. The Labute approximate surface area is 88.4 Å². The summed E-state index contributed by atoms with van der Waals surface area (Å²) in [6, 6.07) is 0. The fourth-order valence-electron chi connectivity index (χ4n) is 1.20. The van der Waals surface area contributed by atoms with Crippen molar-refractivity contribution in [2.45, 2.75) is 26.8 Å². The van der Waals surface area contributed by atoms with E-state index in [4.69, 9.17) is 10.5 Å². The van der Waals surface area contributed by atoms with Crippen LogP contribution in [0.5, 0.6) is 0 Å². The van der Waals surface area contributed by atoms with Gasteiger partial charge in [-0.2, -0.15) is 0 Å². The van der Waals surface area contributed by atoms with E-state index in [9.17, 15) is 4.79 Å². The van der Waals surface area contributed by atoms with E-state index in [0.717, 1.165) is 12.1 Å². The molecule has 0 fully saturated rings. The zero-order valence-electron chi connectivity index (χ0n) is 9.06. The van der Waals surface area contributed by atoms with E-state index in [2.05, 4.69) is 10.3 Å². The van der Waals surface area contributed by atoms with Crippen LogP contribution in [0.3, 0.4) is 0 Å². The van der Waals surface area contributed by atoms with Crippen LogP contribution in [-0.2, 0) is 11.3 Å². The first-order chi connectivity index (χ1) is 7.20. The molecule has 1 aromatic heterocycles. The Morgan fingerprint density at radius 2 is 2.33 bits per heavy atom. The van der Waals surface area contributed by atoms with Crippen molar-refractivity contribution in [1.29, 1.82) is 0 Å². The smallest absolute Gasteiger partial charge is 0.360 e. The van der Waals surface area contributed by atoms with E-state index in [1.54, 1.807) is 18.5 Å². The fourth-order valence-corrected chi connectivity index (χ4v) is 1.20. The number of ether oxygens (including phenoxy) is 1. The first-order valence-corrected chi connectivity index (χ1v) is 4.98. The van der Waals surface area contributed by atoms with Crippen molar-refractivity contribution in [2.24, 2.45) is 5.73 Å². The highest BCUT2D eigenvalue weighted by atomic mass is 16.5. The minimum absolute atomic E-state index is 0.286. The van der Waals surface area contributed by atoms with Gasteiger partial charge in [0.05, 0.1) is 12.3 Å². The zero-order valence-corrected chi connectivity index (χ0v) is 9.06. The maximum Gasteiger partial charge on any atom is 0.360 e. The summed E-state index contributed by atoms with van der Waals surface area (Å²) in [5.41, 5.74) is 6.40. The summed E-state index contributed by atoms with van der Waals surface area (Å²) in [5.74, 6) is -0.422. The Kier molecular flexibility index (Phi) is 4.23. The van der Waals surface area contributed by atoms with Crippen molar-refractivity contribution < 1.29 is 9.53 Å². The Balaban J connectivity index is 2.74. The third kappa shape index (κ3) is 2.76. The van der Waals surface area contributed by atoms with Crippen molar-refractivity contribution in [2.75, 3.05) is 13.2 Å². The lowest BCUT2D eigenvalue weighted by Gasteiger charge is -2.02. The number of aromatic nitrogens is 3. The molecular formula is C9H16N4O2. The molecule has 1 aromatic rings. The van der Waals surface area contributed by atoms with E-state index < -0.39 is 5.97 Å². The third-order valence-electron chi connectivity index (χ3n) is 2.03. The van der Waals surface area contributed by atoms with E-state index in [0.29, 0.717) is 19.7 Å². The third-order valence-corrected chi connectivity index (χ3v) is 2.03. The molecule has 0 amide bonds. The maximum absolute atomic E-state index is 11.4. The lowest BCUT2D eigenvalue weighted by molar-refractivity contribution is 0.0518. The number of rotatable bonds is 5. The fraction of sp³-hybridized carbons (Fsp3) is 0.667. The van der Waals surface area contributed by atoms with E-state index in [1.807, 2.05) is 0 Å². The van der Waals surface area contributed by atoms with Crippen LogP contribution in [0.25, 0.3) is 0 Å². The average molecular weight is 212 g/mol. The van der Waals surface area contributed by atoms with Crippen LogP contribution in [0.2, 0.25) is 0 Å². The summed E-state index contributed by atoms with van der Waals surface area (Å²) < 4.78 is 6.51. The zero-order chi connectivity index (χ0) is 11.3. The SMILES string of the molecule is CCOC(=O)c1nnn(CCCN)c1C. The van der Waals surface area contributed by atoms with Crippen LogP contribution in [0.15, 0.2) is 0 Å². The predicted molar refractivity (Wildman–Crippen MR) is 54.4 cm³/mol. The summed E-state index contributed by atoms with van der Waals surface area (Å²) in [6.07, 6.45) is 0.812. The Hall–Kier alpha value is -1.43. The van der Waals surface area contributed by atoms with Gasteiger partial charge in [0.15, 0.2) is 5.69 Å². The van der Waals surface area contributed by atoms with E-state index in [1.165, 1.54) is 0 Å². The van der Waals surface area contributed by atoms with Crippen LogP contribution in [0.4, 0.5) is 0 Å². The molecule has 0 aliphatic carbocycles. The van der Waals surface area contributed by atoms with Crippen molar-refractivity contribution in [3.63, 3.8) is 0 Å². The molecule has 0 saturated carbocycles. The average Bonchev–Trinajstić information content (AvgIpc) is 2.57. The molecule has 0 aromatic carbocycles. The normalized spacial score (nSPS) is 10.3. The summed E-state index contributed by atoms with van der Waals surface area (Å²) >= 11 is 0. The van der Waals surface area contributed by atoms with Gasteiger partial charge in [-0.1, -0.05) is 5.21 Å². The van der Waals surface area contributed by atoms with Gasteiger partial charge in [0.25, 0.3) is 0 Å². The number of esters is 1. The van der Waals surface area contributed by atoms with Crippen LogP contribution < -0.4 is 5.73 Å². The highest BCUT2D eigenvalue weighted by molar-refractivity contribution is 5.88. The predicted octanol–water partition coefficient (Wildman–Crippen LogP) is 0.112. The summed E-state index contributed by atoms with van der Waals surface area (Å²) in [4.78, 5) is 11.4. The van der Waals surface area contributed by atoms with Gasteiger partial charge in [0, 0.05) is 6.54 Å². The van der Waals surface area contributed by atoms with Gasteiger partial charge in [-0.3, -0.25) is 0 Å². The second-order valence-corrected chi connectivity index (χ2v) is 3.11. The molecule has 6 nitrogen and oxygen atoms in total. The van der Waals surface area contributed by atoms with Crippen LogP contribution >= 0.6 is 0 Å². The van der Waals surface area contributed by atoms with E-state index >= 15 is 0 Å². The number of hydrogen-bond acceptors (Lipinski definition) is 5. The maximum atomic E-state index is 11.4. The number of nitrogens with zero attached hydrogens (tertiary/aromatic N) is 3. The van der Waals surface area contributed by atoms with Gasteiger partial charge in [-0.25, -0.2) is 9.48 Å². The standard InChI is InChI=1S/C9H16N4O2/c1-3-15-9(14)8-7(2)13(12-11-8)6-4-5-10/h3-6,10H2,1-2H3. The number of aryl methyl sites for hydroxylation is 1. The molecule has 2 N–H and O–H groups in total. The Morgan fingerprint density at radius 1 is 1.60 bits per heavy atom. The van der Waals surface area contributed by atoms with Gasteiger partial charge in [0.1, 0.15) is 0 Å². The summed E-state index contributed by atoms with van der Waals surface area (Å²) in [7, 11) is 0. The topological polar surface area (TPSA) is 83.0 Å². The largest absolute Gasteiger partial charge is 0.461 e. The molecule has 6 heteroatoms. The molecule has 0 bridgehead atoms. The second-order valence-electron chi connectivity index (χ2n) is 3.11. The highest BCUT2D eigenvalue weighted by Gasteiger charge is 2.16. The van der Waals surface area contributed by atoms with Gasteiger partial charge in [-0.15, -0.1) is 5.10 Å². The van der Waals surface area contributed by atoms with Gasteiger partial charge in [0.2, 0.25) is 0 Å². The number of carbonyl (C=O) groups is 1. The Bertz CT molecular complexity index is 335. The van der Waals surface area contributed by atoms with Crippen LogP contribution in [-0.4, -0.2) is 34.1 Å². The molecule has 0 aliphatic heterocycles. The van der Waals surface area contributed by atoms with Crippen LogP contribution in [0, 0.1) is 6.92 Å². The number of carbonyl (C=O) groups excluding carboxylic acids is 1. The molecular weight excluding hydrogens is 196 g/mol. The monoisotopic (exact) mass is 212 g/mol. The summed E-state index contributed by atoms with van der Waals surface area (Å²) in [5, 5.41) is 7.65. The summed E-state index contributed by atoms with van der Waals surface area (Å²) in [6.45, 7) is 5.16. The molecule has 84 valence electrons. The van der Waals surface area contributed by atoms with E-state index in [-0.39, 0.29) is 5.69 Å². The minimum Gasteiger partial charge on any atom is -0.461 e. The lowest BCUT2D eigenvalue weighted by Crippen LogP contribution is -2.10. The van der Waals surface area contributed by atoms with Gasteiger partial charge >= 0.3 is 5.97 Å². The first kappa shape index (κ1) is 11.6. The van der Waals surface area contributed by atoms with Crippen molar-refractivity contribution in [1.82, 2.24) is 15.0 Å². The highest BCUT2D eigenvalue weighted by Crippen LogP contribution is 2.05. The van der Waals surface area contributed by atoms with Crippen molar-refractivity contribution >= 4 is 5.97 Å². The molecule has 0 radical (unpaired) electrons. The Morgan fingerprint density at radius 3 is 2.93 bits per heavy atom. The van der Waals surface area contributed by atoms with Crippen LogP contribution in [0.1, 0.15) is 29.5 Å². The second kappa shape index (κ2) is 5.45. The number of nitrogens with two attached hydrogens (primary N) is 1. The van der Waals surface area contributed by atoms with Crippen molar-refractivity contribution in [3.05, 3.63) is 11.4 Å². The quantitative estimate of drug-likeness (QED) is 0.700. The molecule has 1 rings (SSSR count). The molecule has 0 saturated heterocycles. The molecule has 0 spiro atoms. The molecule has 15 heavy (non-hydrogen) atoms. The molecule has 0 atom stereocenters. The molecule has 0 unspecified atom stereocenters. The first-order valence-electron chi connectivity index (χ1n) is 4.98. The van der Waals surface area contributed by atoms with Gasteiger partial charge in [-0.05, 0) is 26.8 Å².